The molecule has 2 unspecified atom stereocenters. The molecule has 0 aromatic carbocycles. The Balaban J connectivity index is 2.23. The standard InChI is InChI=1S/C10H17F2NO5S2/c11-10(12,20(16,17)18)19(14,15)13-6-5-8-3-1-2-4-9(8)7-13/h8-9H,1-7H2,(H,16,17,18)/p-1. The molecule has 2 rings (SSSR count). The summed E-state index contributed by atoms with van der Waals surface area (Å²) < 4.78 is 76.9. The van der Waals surface area contributed by atoms with Crippen LogP contribution in [0, 0.1) is 11.8 Å². The minimum atomic E-state index is -6.25. The van der Waals surface area contributed by atoms with E-state index in [1.165, 1.54) is 0 Å². The molecule has 1 saturated heterocycles. The van der Waals surface area contributed by atoms with Crippen LogP contribution in [-0.4, -0.2) is 43.4 Å². The Morgan fingerprint density at radius 3 is 2.10 bits per heavy atom. The Hall–Kier alpha value is -0.320. The Morgan fingerprint density at radius 2 is 1.55 bits per heavy atom. The van der Waals surface area contributed by atoms with Gasteiger partial charge in [0.2, 0.25) is 0 Å². The van der Waals surface area contributed by atoms with Gasteiger partial charge in [0.05, 0.1) is 0 Å². The van der Waals surface area contributed by atoms with Gasteiger partial charge in [0.15, 0.2) is 10.1 Å². The van der Waals surface area contributed by atoms with Crippen molar-refractivity contribution in [1.29, 1.82) is 0 Å². The monoisotopic (exact) mass is 332 g/mol. The van der Waals surface area contributed by atoms with Crippen LogP contribution in [0.2, 0.25) is 0 Å². The second-order valence-corrected chi connectivity index (χ2v) is 9.03. The lowest BCUT2D eigenvalue weighted by Crippen LogP contribution is -2.52. The third-order valence-electron chi connectivity index (χ3n) is 4.19. The van der Waals surface area contributed by atoms with Crippen LogP contribution >= 0.6 is 0 Å². The molecule has 0 radical (unpaired) electrons. The first-order valence-electron chi connectivity index (χ1n) is 6.40. The fourth-order valence-electron chi connectivity index (χ4n) is 3.07. The van der Waals surface area contributed by atoms with E-state index < -0.39 is 24.7 Å². The zero-order chi connectivity index (χ0) is 15.2. The summed E-state index contributed by atoms with van der Waals surface area (Å²) in [7, 11) is -11.7. The maximum atomic E-state index is 13.4. The lowest BCUT2D eigenvalue weighted by atomic mass is 9.76. The lowest BCUT2D eigenvalue weighted by molar-refractivity contribution is 0.114. The second-order valence-electron chi connectivity index (χ2n) is 5.37. The fraction of sp³-hybridized carbons (Fsp3) is 1.00. The van der Waals surface area contributed by atoms with Gasteiger partial charge < -0.3 is 4.55 Å². The van der Waals surface area contributed by atoms with Gasteiger partial charge in [-0.2, -0.15) is 13.1 Å². The van der Waals surface area contributed by atoms with E-state index in [0.29, 0.717) is 16.6 Å². The zero-order valence-electron chi connectivity index (χ0n) is 10.7. The van der Waals surface area contributed by atoms with Crippen LogP contribution in [0.25, 0.3) is 0 Å². The molecule has 0 aromatic rings. The maximum Gasteiger partial charge on any atom is 0.447 e. The number of alkyl halides is 2. The highest BCUT2D eigenvalue weighted by Crippen LogP contribution is 2.39. The van der Waals surface area contributed by atoms with Crippen LogP contribution < -0.4 is 0 Å². The van der Waals surface area contributed by atoms with Crippen molar-refractivity contribution in [2.75, 3.05) is 13.1 Å². The average molecular weight is 332 g/mol. The number of piperidine rings is 1. The van der Waals surface area contributed by atoms with Gasteiger partial charge in [0.1, 0.15) is 0 Å². The number of hydrogen-bond donors (Lipinski definition) is 0. The van der Waals surface area contributed by atoms with E-state index in [-0.39, 0.29) is 19.0 Å². The predicted molar refractivity (Wildman–Crippen MR) is 65.2 cm³/mol. The van der Waals surface area contributed by atoms with Crippen LogP contribution in [0.3, 0.4) is 0 Å². The summed E-state index contributed by atoms with van der Waals surface area (Å²) in [5.74, 6) is 0.269. The molecule has 1 aliphatic carbocycles. The van der Waals surface area contributed by atoms with Crippen molar-refractivity contribution in [3.8, 4) is 0 Å². The first-order chi connectivity index (χ1) is 9.07. The number of fused-ring (bicyclic) bond motifs is 1. The van der Waals surface area contributed by atoms with Crippen molar-refractivity contribution in [3.63, 3.8) is 0 Å². The van der Waals surface area contributed by atoms with Crippen molar-refractivity contribution >= 4 is 20.1 Å². The van der Waals surface area contributed by atoms with Gasteiger partial charge in [-0.1, -0.05) is 19.3 Å². The van der Waals surface area contributed by atoms with Gasteiger partial charge in [-0.25, -0.2) is 16.8 Å². The van der Waals surface area contributed by atoms with Crippen LogP contribution in [0.1, 0.15) is 32.1 Å². The Kier molecular flexibility index (Phi) is 4.13. The first-order valence-corrected chi connectivity index (χ1v) is 9.25. The maximum absolute atomic E-state index is 13.4. The van der Waals surface area contributed by atoms with E-state index in [2.05, 4.69) is 0 Å². The van der Waals surface area contributed by atoms with Crippen LogP contribution in [-0.2, 0) is 20.1 Å². The van der Waals surface area contributed by atoms with Gasteiger partial charge in [0.25, 0.3) is 10.0 Å². The number of sulfonamides is 1. The molecule has 1 aliphatic heterocycles. The summed E-state index contributed by atoms with van der Waals surface area (Å²) in [6.07, 6.45) is 4.06. The number of nitrogens with zero attached hydrogens (tertiary/aromatic N) is 1. The summed E-state index contributed by atoms with van der Waals surface area (Å²) >= 11 is 0. The summed E-state index contributed by atoms with van der Waals surface area (Å²) in [5, 5.41) is 0. The van der Waals surface area contributed by atoms with Crippen LogP contribution in [0.4, 0.5) is 8.78 Å². The Morgan fingerprint density at radius 1 is 1.00 bits per heavy atom. The summed E-state index contributed by atoms with van der Waals surface area (Å²) in [4.78, 5) is 0. The molecule has 0 N–H and O–H groups in total. The molecule has 0 amide bonds. The molecule has 118 valence electrons. The Labute approximate surface area is 116 Å². The molecule has 2 aliphatic rings. The van der Waals surface area contributed by atoms with Gasteiger partial charge in [0, 0.05) is 13.1 Å². The molecule has 1 heterocycles. The fourth-order valence-corrected chi connectivity index (χ4v) is 5.45. The SMILES string of the molecule is O=S(=O)([O-])C(F)(F)S(=O)(=O)N1CCC2CCCCC2C1. The molecule has 2 atom stereocenters. The van der Waals surface area contributed by atoms with Crippen molar-refractivity contribution in [1.82, 2.24) is 4.31 Å². The molecule has 10 heteroatoms. The second kappa shape index (κ2) is 5.15. The van der Waals surface area contributed by atoms with Gasteiger partial charge in [-0.15, -0.1) is 0 Å². The summed E-state index contributed by atoms with van der Waals surface area (Å²) in [6, 6.07) is 0. The molecule has 6 nitrogen and oxygen atoms in total. The summed E-state index contributed by atoms with van der Waals surface area (Å²) in [6.45, 7) is -0.285. The highest BCUT2D eigenvalue weighted by atomic mass is 32.3. The van der Waals surface area contributed by atoms with Crippen molar-refractivity contribution in [2.45, 2.75) is 36.7 Å². The van der Waals surface area contributed by atoms with E-state index in [0.717, 1.165) is 25.7 Å². The quantitative estimate of drug-likeness (QED) is 0.716. The van der Waals surface area contributed by atoms with Crippen molar-refractivity contribution in [3.05, 3.63) is 0 Å². The predicted octanol–water partition coefficient (Wildman–Crippen LogP) is 0.924. The smallest absolute Gasteiger partial charge is 0.447 e. The summed E-state index contributed by atoms with van der Waals surface area (Å²) in [5.41, 5.74) is 0. The first kappa shape index (κ1) is 16.1. The molecule has 2 fully saturated rings. The molecule has 0 aromatic heterocycles. The highest BCUT2D eigenvalue weighted by Gasteiger charge is 2.56. The molecule has 0 spiro atoms. The highest BCUT2D eigenvalue weighted by molar-refractivity contribution is 8.06. The minimum Gasteiger partial charge on any atom is -0.742 e. The van der Waals surface area contributed by atoms with Gasteiger partial charge in [-0.3, -0.25) is 0 Å². The minimum absolute atomic E-state index is 0.0302. The molecule has 20 heavy (non-hydrogen) atoms. The number of halogens is 2. The van der Waals surface area contributed by atoms with Crippen LogP contribution in [0.15, 0.2) is 0 Å². The number of rotatable bonds is 3. The number of hydrogen-bond acceptors (Lipinski definition) is 5. The molecule has 0 bridgehead atoms. The van der Waals surface area contributed by atoms with Crippen molar-refractivity contribution in [2.24, 2.45) is 11.8 Å². The van der Waals surface area contributed by atoms with Gasteiger partial charge in [-0.05, 0) is 24.7 Å². The lowest BCUT2D eigenvalue weighted by Gasteiger charge is -2.41. The Bertz CT molecular complexity index is 574. The topological polar surface area (TPSA) is 94.6 Å². The van der Waals surface area contributed by atoms with E-state index in [9.17, 15) is 30.2 Å². The van der Waals surface area contributed by atoms with Crippen molar-refractivity contribution < 1.29 is 30.2 Å². The third kappa shape index (κ3) is 2.58. The third-order valence-corrected chi connectivity index (χ3v) is 7.62. The molecule has 1 saturated carbocycles. The zero-order valence-corrected chi connectivity index (χ0v) is 12.3. The van der Waals surface area contributed by atoms with Gasteiger partial charge >= 0.3 is 4.59 Å². The molecular weight excluding hydrogens is 316 g/mol. The normalized spacial score (nSPS) is 29.9. The van der Waals surface area contributed by atoms with E-state index >= 15 is 0 Å². The van der Waals surface area contributed by atoms with E-state index in [4.69, 9.17) is 0 Å². The van der Waals surface area contributed by atoms with E-state index in [1.54, 1.807) is 0 Å². The largest absolute Gasteiger partial charge is 0.742 e. The average Bonchev–Trinajstić information content (AvgIpc) is 2.36. The van der Waals surface area contributed by atoms with E-state index in [1.807, 2.05) is 0 Å². The molecular formula is C10H16F2NO5S2-. The van der Waals surface area contributed by atoms with Crippen LogP contribution in [0.5, 0.6) is 0 Å².